The Morgan fingerprint density at radius 3 is 2.73 bits per heavy atom. The molecular formula is C22H20FN3O3S. The van der Waals surface area contributed by atoms with E-state index < -0.39 is 5.82 Å². The molecular weight excluding hydrogens is 405 g/mol. The van der Waals surface area contributed by atoms with Gasteiger partial charge >= 0.3 is 0 Å². The molecule has 2 aromatic carbocycles. The molecule has 2 heterocycles. The van der Waals surface area contributed by atoms with Crippen molar-refractivity contribution >= 4 is 28.3 Å². The molecule has 0 atom stereocenters. The van der Waals surface area contributed by atoms with E-state index in [1.807, 2.05) is 17.0 Å². The Hall–Kier alpha value is -3.26. The number of hydrogen-bond acceptors (Lipinski definition) is 5. The zero-order valence-corrected chi connectivity index (χ0v) is 17.2. The van der Waals surface area contributed by atoms with Crippen LogP contribution in [0.4, 0.5) is 9.52 Å². The fourth-order valence-corrected chi connectivity index (χ4v) is 4.03. The third-order valence-corrected chi connectivity index (χ3v) is 5.69. The molecule has 1 N–H and O–H groups in total. The van der Waals surface area contributed by atoms with Crippen LogP contribution in [0.25, 0.3) is 11.3 Å². The second-order valence-corrected chi connectivity index (χ2v) is 7.82. The highest BCUT2D eigenvalue weighted by Gasteiger charge is 2.20. The van der Waals surface area contributed by atoms with E-state index in [0.29, 0.717) is 34.9 Å². The van der Waals surface area contributed by atoms with Crippen LogP contribution in [0.3, 0.4) is 0 Å². The van der Waals surface area contributed by atoms with Crippen molar-refractivity contribution in [2.45, 2.75) is 19.4 Å². The lowest BCUT2D eigenvalue weighted by Gasteiger charge is -2.15. The van der Waals surface area contributed by atoms with Crippen LogP contribution < -0.4 is 10.1 Å². The van der Waals surface area contributed by atoms with Crippen molar-refractivity contribution in [2.75, 3.05) is 19.0 Å². The van der Waals surface area contributed by atoms with E-state index in [-0.39, 0.29) is 17.6 Å². The molecule has 0 unspecified atom stereocenters. The predicted octanol–water partition coefficient (Wildman–Crippen LogP) is 4.33. The number of amides is 2. The van der Waals surface area contributed by atoms with Gasteiger partial charge in [-0.3, -0.25) is 14.9 Å². The number of methoxy groups -OCH3 is 1. The number of carbonyl (C=O) groups excluding carboxylic acids is 2. The fraction of sp³-hybridized carbons (Fsp3) is 0.227. The fourth-order valence-electron chi connectivity index (χ4n) is 3.31. The van der Waals surface area contributed by atoms with E-state index in [1.165, 1.54) is 24.5 Å². The first-order valence-electron chi connectivity index (χ1n) is 9.51. The summed E-state index contributed by atoms with van der Waals surface area (Å²) in [6.07, 6.45) is 1.51. The lowest BCUT2D eigenvalue weighted by Crippen LogP contribution is -2.23. The zero-order valence-electron chi connectivity index (χ0n) is 16.4. The summed E-state index contributed by atoms with van der Waals surface area (Å²) >= 11 is 1.27. The van der Waals surface area contributed by atoms with Gasteiger partial charge in [0, 0.05) is 36.0 Å². The van der Waals surface area contributed by atoms with Gasteiger partial charge in [-0.15, -0.1) is 11.3 Å². The number of rotatable bonds is 6. The SMILES string of the molecule is COc1ccc(-c2csc(NC(=O)c3ccc(CN4CCCC4=O)cc3)n2)cc1F. The molecule has 1 aliphatic rings. The maximum atomic E-state index is 13.9. The molecule has 0 aliphatic carbocycles. The molecule has 0 spiro atoms. The molecule has 0 saturated carbocycles. The van der Waals surface area contributed by atoms with Crippen molar-refractivity contribution in [3.8, 4) is 17.0 Å². The quantitative estimate of drug-likeness (QED) is 0.638. The van der Waals surface area contributed by atoms with Gasteiger partial charge in [0.05, 0.1) is 12.8 Å². The Kier molecular flexibility index (Phi) is 5.76. The summed E-state index contributed by atoms with van der Waals surface area (Å²) in [4.78, 5) is 30.5. The number of thiazole rings is 1. The Bertz CT molecular complexity index is 1080. The van der Waals surface area contributed by atoms with E-state index in [2.05, 4.69) is 10.3 Å². The highest BCUT2D eigenvalue weighted by molar-refractivity contribution is 7.14. The van der Waals surface area contributed by atoms with E-state index in [1.54, 1.807) is 29.6 Å². The van der Waals surface area contributed by atoms with Crippen LogP contribution in [0, 0.1) is 5.82 Å². The minimum Gasteiger partial charge on any atom is -0.494 e. The third kappa shape index (κ3) is 4.33. The number of hydrogen-bond donors (Lipinski definition) is 1. The number of benzene rings is 2. The molecule has 0 bridgehead atoms. The lowest BCUT2D eigenvalue weighted by molar-refractivity contribution is -0.128. The summed E-state index contributed by atoms with van der Waals surface area (Å²) in [6, 6.07) is 11.8. The molecule has 1 fully saturated rings. The van der Waals surface area contributed by atoms with Crippen LogP contribution in [0.1, 0.15) is 28.8 Å². The van der Waals surface area contributed by atoms with Gasteiger partial charge in [0.25, 0.3) is 5.91 Å². The first-order chi connectivity index (χ1) is 14.5. The average molecular weight is 425 g/mol. The van der Waals surface area contributed by atoms with Gasteiger partial charge in [-0.25, -0.2) is 9.37 Å². The Morgan fingerprint density at radius 1 is 1.27 bits per heavy atom. The van der Waals surface area contributed by atoms with Crippen LogP contribution in [0.15, 0.2) is 47.8 Å². The van der Waals surface area contributed by atoms with Gasteiger partial charge in [-0.2, -0.15) is 0 Å². The molecule has 8 heteroatoms. The van der Waals surface area contributed by atoms with Crippen LogP contribution >= 0.6 is 11.3 Å². The largest absolute Gasteiger partial charge is 0.494 e. The second kappa shape index (κ2) is 8.62. The minimum atomic E-state index is -0.468. The molecule has 6 nitrogen and oxygen atoms in total. The maximum absolute atomic E-state index is 13.9. The maximum Gasteiger partial charge on any atom is 0.257 e. The second-order valence-electron chi connectivity index (χ2n) is 6.96. The number of halogens is 1. The number of anilines is 1. The summed E-state index contributed by atoms with van der Waals surface area (Å²) in [7, 11) is 1.41. The van der Waals surface area contributed by atoms with Gasteiger partial charge in [-0.1, -0.05) is 12.1 Å². The molecule has 30 heavy (non-hydrogen) atoms. The number of nitrogens with zero attached hydrogens (tertiary/aromatic N) is 2. The summed E-state index contributed by atoms with van der Waals surface area (Å²) in [5, 5.41) is 4.96. The molecule has 3 aromatic rings. The van der Waals surface area contributed by atoms with E-state index >= 15 is 0 Å². The zero-order chi connectivity index (χ0) is 21.1. The van der Waals surface area contributed by atoms with E-state index in [9.17, 15) is 14.0 Å². The predicted molar refractivity (Wildman–Crippen MR) is 113 cm³/mol. The molecule has 1 aromatic heterocycles. The highest BCUT2D eigenvalue weighted by atomic mass is 32.1. The Labute approximate surface area is 177 Å². The van der Waals surface area contributed by atoms with Crippen molar-refractivity contribution in [3.63, 3.8) is 0 Å². The molecule has 4 rings (SSSR count). The molecule has 0 radical (unpaired) electrons. The number of nitrogens with one attached hydrogen (secondary N) is 1. The number of likely N-dealkylation sites (tertiary alicyclic amines) is 1. The van der Waals surface area contributed by atoms with E-state index in [4.69, 9.17) is 4.74 Å². The molecule has 1 saturated heterocycles. The molecule has 2 amide bonds. The van der Waals surface area contributed by atoms with Gasteiger partial charge in [0.1, 0.15) is 0 Å². The smallest absolute Gasteiger partial charge is 0.257 e. The van der Waals surface area contributed by atoms with Crippen molar-refractivity contribution in [3.05, 3.63) is 64.8 Å². The van der Waals surface area contributed by atoms with Crippen molar-refractivity contribution in [2.24, 2.45) is 0 Å². The van der Waals surface area contributed by atoms with Gasteiger partial charge in [0.2, 0.25) is 5.91 Å². The van der Waals surface area contributed by atoms with Gasteiger partial charge in [0.15, 0.2) is 16.7 Å². The van der Waals surface area contributed by atoms with E-state index in [0.717, 1.165) is 18.5 Å². The lowest BCUT2D eigenvalue weighted by atomic mass is 10.1. The third-order valence-electron chi connectivity index (χ3n) is 4.93. The first kappa shape index (κ1) is 20.0. The summed E-state index contributed by atoms with van der Waals surface area (Å²) in [5.74, 6) is -0.405. The number of ether oxygens (including phenoxy) is 1. The molecule has 1 aliphatic heterocycles. The monoisotopic (exact) mass is 425 g/mol. The number of aromatic nitrogens is 1. The number of carbonyl (C=O) groups is 2. The highest BCUT2D eigenvalue weighted by Crippen LogP contribution is 2.28. The molecule has 154 valence electrons. The van der Waals surface area contributed by atoms with Crippen LogP contribution in [0.2, 0.25) is 0 Å². The van der Waals surface area contributed by atoms with Crippen LogP contribution in [-0.2, 0) is 11.3 Å². The summed E-state index contributed by atoms with van der Waals surface area (Å²) in [6.45, 7) is 1.35. The van der Waals surface area contributed by atoms with Gasteiger partial charge in [-0.05, 0) is 42.3 Å². The Balaban J connectivity index is 1.40. The minimum absolute atomic E-state index is 0.167. The van der Waals surface area contributed by atoms with Crippen molar-refractivity contribution in [1.29, 1.82) is 0 Å². The Morgan fingerprint density at radius 2 is 2.07 bits per heavy atom. The summed E-state index contributed by atoms with van der Waals surface area (Å²) < 4.78 is 18.8. The van der Waals surface area contributed by atoms with Gasteiger partial charge < -0.3 is 9.64 Å². The normalized spacial score (nSPS) is 13.5. The van der Waals surface area contributed by atoms with Crippen molar-refractivity contribution < 1.29 is 18.7 Å². The average Bonchev–Trinajstić information content (AvgIpc) is 3.37. The standard InChI is InChI=1S/C22H20FN3O3S/c1-29-19-9-8-16(11-17(19)23)18-13-30-22(24-18)25-21(28)15-6-4-14(5-7-15)12-26-10-2-3-20(26)27/h4-9,11,13H,2-3,10,12H2,1H3,(H,24,25,28). The van der Waals surface area contributed by atoms with Crippen molar-refractivity contribution in [1.82, 2.24) is 9.88 Å². The van der Waals surface area contributed by atoms with Crippen LogP contribution in [0.5, 0.6) is 5.75 Å². The first-order valence-corrected chi connectivity index (χ1v) is 10.4. The topological polar surface area (TPSA) is 71.5 Å². The summed E-state index contributed by atoms with van der Waals surface area (Å²) in [5.41, 5.74) is 2.66. The van der Waals surface area contributed by atoms with Crippen LogP contribution in [-0.4, -0.2) is 35.4 Å².